The van der Waals surface area contributed by atoms with Gasteiger partial charge in [0, 0.05) is 12.8 Å². The van der Waals surface area contributed by atoms with Crippen LogP contribution in [0.5, 0.6) is 5.75 Å². The normalized spacial score (nSPS) is 10.6. The molecule has 0 aromatic heterocycles. The molecule has 0 atom stereocenters. The molecule has 2 N–H and O–H groups in total. The summed E-state index contributed by atoms with van der Waals surface area (Å²) in [5, 5.41) is 6.29. The minimum absolute atomic E-state index is 0.0583. The fraction of sp³-hybridized carbons (Fsp3) is 0.250. The zero-order chi connectivity index (χ0) is 19.5. The third kappa shape index (κ3) is 7.27. The van der Waals surface area contributed by atoms with Gasteiger partial charge >= 0.3 is 0 Å². The molecule has 0 aliphatic carbocycles. The van der Waals surface area contributed by atoms with Crippen molar-refractivity contribution in [3.8, 4) is 5.75 Å². The zero-order valence-electron chi connectivity index (χ0n) is 15.1. The molecular weight excluding hydrogens is 349 g/mol. The number of carbonyl (C=O) groups excluding carboxylic acids is 2. The minimum atomic E-state index is -0.523. The number of carbonyl (C=O) groups is 2. The zero-order valence-corrected chi connectivity index (χ0v) is 15.1. The largest absolute Gasteiger partial charge is 0.494 e. The fourth-order valence-corrected chi connectivity index (χ4v) is 2.14. The molecule has 0 saturated heterocycles. The Bertz CT molecular complexity index is 809. The molecule has 0 unspecified atom stereocenters. The first-order chi connectivity index (χ1) is 13.1. The smallest absolute Gasteiger partial charge is 0.240 e. The van der Waals surface area contributed by atoms with Gasteiger partial charge in [-0.25, -0.2) is 9.82 Å². The number of nitrogens with one attached hydrogen (secondary N) is 2. The monoisotopic (exact) mass is 371 g/mol. The van der Waals surface area contributed by atoms with E-state index in [9.17, 15) is 14.0 Å². The van der Waals surface area contributed by atoms with Gasteiger partial charge in [-0.05, 0) is 36.2 Å². The summed E-state index contributed by atoms with van der Waals surface area (Å²) in [6, 6.07) is 13.2. The van der Waals surface area contributed by atoms with Gasteiger partial charge in [-0.1, -0.05) is 31.2 Å². The van der Waals surface area contributed by atoms with Gasteiger partial charge in [-0.2, -0.15) is 5.10 Å². The minimum Gasteiger partial charge on any atom is -0.494 e. The van der Waals surface area contributed by atoms with Gasteiger partial charge in [0.2, 0.25) is 11.8 Å². The van der Waals surface area contributed by atoms with Crippen LogP contribution >= 0.6 is 0 Å². The number of rotatable bonds is 9. The van der Waals surface area contributed by atoms with Crippen molar-refractivity contribution >= 4 is 23.7 Å². The van der Waals surface area contributed by atoms with Crippen LogP contribution in [0.4, 0.5) is 10.1 Å². The van der Waals surface area contributed by atoms with Crippen molar-refractivity contribution in [2.75, 3.05) is 11.9 Å². The Kier molecular flexibility index (Phi) is 7.96. The Labute approximate surface area is 157 Å². The first-order valence-electron chi connectivity index (χ1n) is 8.67. The lowest BCUT2D eigenvalue weighted by molar-refractivity contribution is -0.124. The Morgan fingerprint density at radius 2 is 1.89 bits per heavy atom. The molecule has 6 nitrogen and oxygen atoms in total. The van der Waals surface area contributed by atoms with E-state index in [1.54, 1.807) is 6.07 Å². The summed E-state index contributed by atoms with van der Waals surface area (Å²) < 4.78 is 19.0. The molecule has 0 radical (unpaired) electrons. The third-order valence-electron chi connectivity index (χ3n) is 3.46. The van der Waals surface area contributed by atoms with Gasteiger partial charge in [-0.3, -0.25) is 9.59 Å². The Hall–Kier alpha value is -3.22. The lowest BCUT2D eigenvalue weighted by Crippen LogP contribution is -2.20. The number of halogens is 1. The van der Waals surface area contributed by atoms with Crippen molar-refractivity contribution in [1.82, 2.24) is 5.43 Å². The van der Waals surface area contributed by atoms with Crippen LogP contribution in [-0.4, -0.2) is 24.6 Å². The van der Waals surface area contributed by atoms with E-state index in [2.05, 4.69) is 15.8 Å². The number of benzene rings is 2. The van der Waals surface area contributed by atoms with Crippen molar-refractivity contribution in [1.29, 1.82) is 0 Å². The molecule has 142 valence electrons. The number of anilines is 1. The summed E-state index contributed by atoms with van der Waals surface area (Å²) in [6.45, 7) is 2.66. The Morgan fingerprint density at radius 3 is 2.67 bits per heavy atom. The number of nitrogens with zero attached hydrogens (tertiary/aromatic N) is 1. The molecule has 2 aromatic rings. The highest BCUT2D eigenvalue weighted by molar-refractivity contribution is 5.93. The Morgan fingerprint density at radius 1 is 1.11 bits per heavy atom. The predicted molar refractivity (Wildman–Crippen MR) is 102 cm³/mol. The van der Waals surface area contributed by atoms with E-state index >= 15 is 0 Å². The molecular formula is C20H22FN3O3. The van der Waals surface area contributed by atoms with Crippen LogP contribution in [0.1, 0.15) is 31.7 Å². The summed E-state index contributed by atoms with van der Waals surface area (Å²) in [5.41, 5.74) is 3.23. The van der Waals surface area contributed by atoms with Gasteiger partial charge in [0.15, 0.2) is 0 Å². The third-order valence-corrected chi connectivity index (χ3v) is 3.46. The lowest BCUT2D eigenvalue weighted by Gasteiger charge is -2.06. The first-order valence-corrected chi connectivity index (χ1v) is 8.67. The average Bonchev–Trinajstić information content (AvgIpc) is 2.67. The summed E-state index contributed by atoms with van der Waals surface area (Å²) in [4.78, 5) is 23.5. The van der Waals surface area contributed by atoms with Gasteiger partial charge in [-0.15, -0.1) is 0 Å². The maximum Gasteiger partial charge on any atom is 0.240 e. The van der Waals surface area contributed by atoms with Crippen LogP contribution < -0.4 is 15.5 Å². The van der Waals surface area contributed by atoms with E-state index in [-0.39, 0.29) is 18.5 Å². The average molecular weight is 371 g/mol. The SMILES string of the molecule is CCCOc1cccc(C=NNC(=O)CCC(=O)Nc2ccccc2F)c1. The molecule has 0 bridgehead atoms. The van der Waals surface area contributed by atoms with Crippen LogP contribution in [0.3, 0.4) is 0 Å². The van der Waals surface area contributed by atoms with E-state index in [0.717, 1.165) is 17.7 Å². The molecule has 27 heavy (non-hydrogen) atoms. The number of hydrogen-bond donors (Lipinski definition) is 2. The molecule has 0 spiro atoms. The maximum atomic E-state index is 13.5. The van der Waals surface area contributed by atoms with E-state index < -0.39 is 17.6 Å². The van der Waals surface area contributed by atoms with E-state index in [4.69, 9.17) is 4.74 Å². The van der Waals surface area contributed by atoms with Crippen LogP contribution in [0.25, 0.3) is 0 Å². The first kappa shape index (κ1) is 20.1. The van der Waals surface area contributed by atoms with Crippen molar-refractivity contribution < 1.29 is 18.7 Å². The molecule has 7 heteroatoms. The van der Waals surface area contributed by atoms with Crippen molar-refractivity contribution in [3.05, 3.63) is 59.9 Å². The summed E-state index contributed by atoms with van der Waals surface area (Å²) in [5.74, 6) is -0.643. The van der Waals surface area contributed by atoms with Gasteiger partial charge < -0.3 is 10.1 Å². The second-order valence-corrected chi connectivity index (χ2v) is 5.74. The van der Waals surface area contributed by atoms with Gasteiger partial charge in [0.05, 0.1) is 18.5 Å². The molecule has 2 amide bonds. The summed E-state index contributed by atoms with van der Waals surface area (Å²) in [6.07, 6.45) is 2.28. The highest BCUT2D eigenvalue weighted by Gasteiger charge is 2.08. The molecule has 0 saturated carbocycles. The molecule has 0 fully saturated rings. The molecule has 0 aliphatic rings. The lowest BCUT2D eigenvalue weighted by atomic mass is 10.2. The van der Waals surface area contributed by atoms with Gasteiger partial charge in [0.25, 0.3) is 0 Å². The van der Waals surface area contributed by atoms with Crippen molar-refractivity contribution in [3.63, 3.8) is 0 Å². The maximum absolute atomic E-state index is 13.5. The van der Waals surface area contributed by atoms with Crippen LogP contribution in [0.15, 0.2) is 53.6 Å². The van der Waals surface area contributed by atoms with Crippen molar-refractivity contribution in [2.24, 2.45) is 5.10 Å². The van der Waals surface area contributed by atoms with Crippen molar-refractivity contribution in [2.45, 2.75) is 26.2 Å². The highest BCUT2D eigenvalue weighted by Crippen LogP contribution is 2.13. The molecule has 0 aliphatic heterocycles. The number of amides is 2. The predicted octanol–water partition coefficient (Wildman–Crippen LogP) is 3.48. The van der Waals surface area contributed by atoms with Crippen LogP contribution in [0.2, 0.25) is 0 Å². The summed E-state index contributed by atoms with van der Waals surface area (Å²) >= 11 is 0. The summed E-state index contributed by atoms with van der Waals surface area (Å²) in [7, 11) is 0. The number of hydrogen-bond acceptors (Lipinski definition) is 4. The number of ether oxygens (including phenoxy) is 1. The van der Waals surface area contributed by atoms with E-state index in [0.29, 0.717) is 6.61 Å². The fourth-order valence-electron chi connectivity index (χ4n) is 2.14. The number of para-hydroxylation sites is 1. The highest BCUT2D eigenvalue weighted by atomic mass is 19.1. The Balaban J connectivity index is 1.75. The van der Waals surface area contributed by atoms with Gasteiger partial charge in [0.1, 0.15) is 11.6 Å². The second kappa shape index (κ2) is 10.7. The standard InChI is InChI=1S/C20H22FN3O3/c1-2-12-27-16-7-5-6-15(13-16)14-22-24-20(26)11-10-19(25)23-18-9-4-3-8-17(18)21/h3-9,13-14H,2,10-12H2,1H3,(H,23,25)(H,24,26). The van der Waals surface area contributed by atoms with Crippen LogP contribution in [-0.2, 0) is 9.59 Å². The molecule has 2 rings (SSSR count). The van der Waals surface area contributed by atoms with E-state index in [1.165, 1.54) is 24.4 Å². The quantitative estimate of drug-likeness (QED) is 0.523. The van der Waals surface area contributed by atoms with E-state index in [1.807, 2.05) is 31.2 Å². The van der Waals surface area contributed by atoms with Crippen LogP contribution in [0, 0.1) is 5.82 Å². The second-order valence-electron chi connectivity index (χ2n) is 5.74. The molecule has 2 aromatic carbocycles. The number of hydrazone groups is 1. The molecule has 0 heterocycles. The topological polar surface area (TPSA) is 79.8 Å².